The second kappa shape index (κ2) is 11.6. The van der Waals surface area contributed by atoms with Gasteiger partial charge >= 0.3 is 0 Å². The number of carbonyl (C=O) groups is 2. The minimum Gasteiger partial charge on any atom is -0.353 e. The maximum absolute atomic E-state index is 12.9. The van der Waals surface area contributed by atoms with Crippen molar-refractivity contribution in [1.29, 1.82) is 0 Å². The Bertz CT molecular complexity index is 578. The summed E-state index contributed by atoms with van der Waals surface area (Å²) in [6, 6.07) is 4.01. The summed E-state index contributed by atoms with van der Waals surface area (Å²) in [6.07, 6.45) is 7.15. The smallest absolute Gasteiger partial charge is 0.242 e. The molecule has 1 aromatic heterocycles. The van der Waals surface area contributed by atoms with Crippen LogP contribution in [-0.2, 0) is 23.2 Å². The normalized spacial score (nSPS) is 10.8. The molecule has 0 N–H and O–H groups in total. The number of hydrogen-bond donors (Lipinski definition) is 0. The van der Waals surface area contributed by atoms with E-state index < -0.39 is 0 Å². The van der Waals surface area contributed by atoms with E-state index in [4.69, 9.17) is 0 Å². The Morgan fingerprint density at radius 1 is 1.23 bits per heavy atom. The average Bonchev–Trinajstić information content (AvgIpc) is 2.98. The highest BCUT2D eigenvalue weighted by molar-refractivity contribution is 5.85. The zero-order chi connectivity index (χ0) is 19.5. The van der Waals surface area contributed by atoms with E-state index in [1.165, 1.54) is 0 Å². The van der Waals surface area contributed by atoms with E-state index >= 15 is 0 Å². The molecular formula is C21H35N3O2. The van der Waals surface area contributed by atoms with Crippen LogP contribution in [0.1, 0.15) is 52.1 Å². The second-order valence-electron chi connectivity index (χ2n) is 7.30. The molecule has 0 saturated carbocycles. The minimum atomic E-state index is -0.00871. The van der Waals surface area contributed by atoms with Crippen LogP contribution in [-0.4, -0.2) is 45.8 Å². The predicted molar refractivity (Wildman–Crippen MR) is 107 cm³/mol. The van der Waals surface area contributed by atoms with Gasteiger partial charge in [0.1, 0.15) is 6.54 Å². The molecule has 0 fully saturated rings. The molecule has 1 rings (SSSR count). The van der Waals surface area contributed by atoms with E-state index in [1.807, 2.05) is 34.8 Å². The van der Waals surface area contributed by atoms with Crippen LogP contribution in [0.15, 0.2) is 31.0 Å². The van der Waals surface area contributed by atoms with Crippen molar-refractivity contribution in [2.75, 3.05) is 19.6 Å². The molecule has 26 heavy (non-hydrogen) atoms. The molecule has 1 aromatic rings. The zero-order valence-electron chi connectivity index (χ0n) is 16.9. The summed E-state index contributed by atoms with van der Waals surface area (Å²) < 4.78 is 2.03. The highest BCUT2D eigenvalue weighted by atomic mass is 16.2. The number of aromatic nitrogens is 1. The van der Waals surface area contributed by atoms with Crippen molar-refractivity contribution in [3.05, 3.63) is 36.7 Å². The van der Waals surface area contributed by atoms with Crippen LogP contribution in [0.25, 0.3) is 0 Å². The second-order valence-corrected chi connectivity index (χ2v) is 7.30. The Kier molecular flexibility index (Phi) is 9.78. The summed E-state index contributed by atoms with van der Waals surface area (Å²) in [5.74, 6) is 0.396. The summed E-state index contributed by atoms with van der Waals surface area (Å²) in [5.41, 5.74) is 1.09. The molecule has 0 aliphatic heterocycles. The van der Waals surface area contributed by atoms with Crippen LogP contribution in [0.4, 0.5) is 0 Å². The van der Waals surface area contributed by atoms with Gasteiger partial charge in [0.05, 0.1) is 6.54 Å². The molecule has 0 spiro atoms. The lowest BCUT2D eigenvalue weighted by Crippen LogP contribution is -2.44. The lowest BCUT2D eigenvalue weighted by molar-refractivity contribution is -0.140. The summed E-state index contributed by atoms with van der Waals surface area (Å²) in [7, 11) is 1.98. The molecule has 0 atom stereocenters. The van der Waals surface area contributed by atoms with Crippen LogP contribution >= 0.6 is 0 Å². The van der Waals surface area contributed by atoms with Crippen LogP contribution in [0.5, 0.6) is 0 Å². The Balaban J connectivity index is 2.78. The average molecular weight is 362 g/mol. The predicted octanol–water partition coefficient (Wildman–Crippen LogP) is 3.60. The van der Waals surface area contributed by atoms with Gasteiger partial charge in [0.2, 0.25) is 11.8 Å². The van der Waals surface area contributed by atoms with E-state index in [-0.39, 0.29) is 18.4 Å². The fourth-order valence-corrected chi connectivity index (χ4v) is 2.91. The third-order valence-corrected chi connectivity index (χ3v) is 4.36. The van der Waals surface area contributed by atoms with Gasteiger partial charge in [0.25, 0.3) is 0 Å². The van der Waals surface area contributed by atoms with Gasteiger partial charge in [0, 0.05) is 38.4 Å². The first kappa shape index (κ1) is 22.0. The van der Waals surface area contributed by atoms with Crippen molar-refractivity contribution < 1.29 is 9.59 Å². The number of carbonyl (C=O) groups excluding carboxylic acids is 2. The summed E-state index contributed by atoms with van der Waals surface area (Å²) in [5, 5.41) is 0. The number of aryl methyl sites for hydroxylation is 1. The number of rotatable bonds is 12. The van der Waals surface area contributed by atoms with Gasteiger partial charge in [-0.2, -0.15) is 0 Å². The largest absolute Gasteiger partial charge is 0.353 e. The molecule has 5 nitrogen and oxygen atoms in total. The first-order chi connectivity index (χ1) is 12.4. The molecule has 1 heterocycles. The lowest BCUT2D eigenvalue weighted by Gasteiger charge is -2.28. The summed E-state index contributed by atoms with van der Waals surface area (Å²) >= 11 is 0. The van der Waals surface area contributed by atoms with Crippen molar-refractivity contribution >= 4 is 11.8 Å². The SMILES string of the molecule is C=CCN(CC(=O)N(Cc1cccn1C)CC(C)C)C(=O)CCCCC. The molecule has 0 aliphatic carbocycles. The first-order valence-corrected chi connectivity index (χ1v) is 9.65. The number of hydrogen-bond acceptors (Lipinski definition) is 2. The van der Waals surface area contributed by atoms with Gasteiger partial charge in [-0.25, -0.2) is 0 Å². The molecule has 2 amide bonds. The summed E-state index contributed by atoms with van der Waals surface area (Å²) in [6.45, 7) is 11.8. The van der Waals surface area contributed by atoms with Gasteiger partial charge < -0.3 is 14.4 Å². The van der Waals surface area contributed by atoms with E-state index in [9.17, 15) is 9.59 Å². The minimum absolute atomic E-state index is 0.00871. The maximum Gasteiger partial charge on any atom is 0.242 e. The van der Waals surface area contributed by atoms with E-state index in [1.54, 1.807) is 11.0 Å². The topological polar surface area (TPSA) is 45.6 Å². The summed E-state index contributed by atoms with van der Waals surface area (Å²) in [4.78, 5) is 28.9. The molecular weight excluding hydrogens is 326 g/mol. The van der Waals surface area contributed by atoms with Crippen molar-refractivity contribution in [3.63, 3.8) is 0 Å². The van der Waals surface area contributed by atoms with Crippen molar-refractivity contribution in [2.45, 2.75) is 53.0 Å². The molecule has 0 bridgehead atoms. The third kappa shape index (κ3) is 7.46. The monoisotopic (exact) mass is 361 g/mol. The first-order valence-electron chi connectivity index (χ1n) is 9.65. The van der Waals surface area contributed by atoms with Gasteiger partial charge in [-0.05, 0) is 24.5 Å². The molecule has 0 aromatic carbocycles. The lowest BCUT2D eigenvalue weighted by atomic mass is 10.2. The van der Waals surface area contributed by atoms with Crippen LogP contribution in [0.2, 0.25) is 0 Å². The van der Waals surface area contributed by atoms with E-state index in [0.29, 0.717) is 32.0 Å². The highest BCUT2D eigenvalue weighted by Gasteiger charge is 2.21. The standard InChI is InChI=1S/C21H35N3O2/c1-6-8-9-12-20(25)23(13-7-2)17-21(26)24(15-18(3)4)16-19-11-10-14-22(19)5/h7,10-11,14,18H,2,6,8-9,12-13,15-17H2,1,3-5H3. The Labute approximate surface area is 158 Å². The Morgan fingerprint density at radius 3 is 2.50 bits per heavy atom. The van der Waals surface area contributed by atoms with Crippen molar-refractivity contribution in [2.24, 2.45) is 13.0 Å². The van der Waals surface area contributed by atoms with Crippen LogP contribution in [0, 0.1) is 5.92 Å². The fraction of sp³-hybridized carbons (Fsp3) is 0.619. The van der Waals surface area contributed by atoms with E-state index in [0.717, 1.165) is 25.0 Å². The van der Waals surface area contributed by atoms with Gasteiger partial charge in [-0.1, -0.05) is 39.7 Å². The van der Waals surface area contributed by atoms with Gasteiger partial charge in [0.15, 0.2) is 0 Å². The van der Waals surface area contributed by atoms with Crippen molar-refractivity contribution in [1.82, 2.24) is 14.4 Å². The van der Waals surface area contributed by atoms with Crippen LogP contribution in [0.3, 0.4) is 0 Å². The molecule has 5 heteroatoms. The Hall–Kier alpha value is -2.04. The van der Waals surface area contributed by atoms with E-state index in [2.05, 4.69) is 27.4 Å². The number of nitrogens with zero attached hydrogens (tertiary/aromatic N) is 3. The number of unbranched alkanes of at least 4 members (excludes halogenated alkanes) is 2. The molecule has 0 saturated heterocycles. The number of amides is 2. The van der Waals surface area contributed by atoms with Gasteiger partial charge in [-0.15, -0.1) is 6.58 Å². The van der Waals surface area contributed by atoms with Crippen LogP contribution < -0.4 is 0 Å². The maximum atomic E-state index is 12.9. The van der Waals surface area contributed by atoms with Gasteiger partial charge in [-0.3, -0.25) is 9.59 Å². The molecule has 0 unspecified atom stereocenters. The third-order valence-electron chi connectivity index (χ3n) is 4.36. The highest BCUT2D eigenvalue weighted by Crippen LogP contribution is 2.10. The molecule has 146 valence electrons. The zero-order valence-corrected chi connectivity index (χ0v) is 16.9. The van der Waals surface area contributed by atoms with Crippen molar-refractivity contribution in [3.8, 4) is 0 Å². The molecule has 0 aliphatic rings. The quantitative estimate of drug-likeness (QED) is 0.422. The molecule has 0 radical (unpaired) electrons. The fourth-order valence-electron chi connectivity index (χ4n) is 2.91. The Morgan fingerprint density at radius 2 is 1.96 bits per heavy atom.